The van der Waals surface area contributed by atoms with Crippen molar-refractivity contribution in [3.63, 3.8) is 0 Å². The van der Waals surface area contributed by atoms with Crippen LogP contribution in [-0.4, -0.2) is 52.5 Å². The Bertz CT molecular complexity index is 1330. The van der Waals surface area contributed by atoms with Crippen LogP contribution in [-0.2, 0) is 13.0 Å². The monoisotopic (exact) mass is 472 g/mol. The Morgan fingerprint density at radius 3 is 3.06 bits per heavy atom. The molecule has 1 saturated carbocycles. The summed E-state index contributed by atoms with van der Waals surface area (Å²) in [5.41, 5.74) is 3.08. The maximum absolute atomic E-state index is 12.9. The van der Waals surface area contributed by atoms with Gasteiger partial charge in [-0.05, 0) is 44.2 Å². The number of rotatable bonds is 4. The van der Waals surface area contributed by atoms with E-state index in [1.165, 1.54) is 11.3 Å². The van der Waals surface area contributed by atoms with Crippen molar-refractivity contribution in [2.75, 3.05) is 13.6 Å². The fourth-order valence-corrected chi connectivity index (χ4v) is 5.74. The topological polar surface area (TPSA) is 96.8 Å². The molecule has 2 aliphatic rings. The number of nitrogens with one attached hydrogen (secondary N) is 1. The molecule has 0 bridgehead atoms. The third-order valence-electron chi connectivity index (χ3n) is 6.57. The number of aromatic amines is 1. The summed E-state index contributed by atoms with van der Waals surface area (Å²) in [6.45, 7) is 1.78. The Hall–Kier alpha value is -3.28. The first-order valence-electron chi connectivity index (χ1n) is 11.6. The van der Waals surface area contributed by atoms with Crippen molar-refractivity contribution in [1.82, 2.24) is 14.9 Å². The number of carbonyl (C=O) groups is 1. The van der Waals surface area contributed by atoms with Crippen LogP contribution in [0.5, 0.6) is 0 Å². The lowest BCUT2D eigenvalue weighted by Crippen LogP contribution is -2.29. The number of fused-ring (bicyclic) bond motifs is 2. The molecule has 5 rings (SSSR count). The third-order valence-corrected chi connectivity index (χ3v) is 7.64. The van der Waals surface area contributed by atoms with Crippen LogP contribution in [0.3, 0.4) is 0 Å². The second-order valence-corrected chi connectivity index (χ2v) is 10.1. The molecule has 0 spiro atoms. The standard InChI is InChI=1S/C26H27N5O2S/c1-3-16-8-9-20-18(12-16)13-22(28-20)24(32)29-19-7-5-4-6-17(19)14-27-25(33)26-30-21-10-11-31(2)15-23(21)34-26/h1,8-9,12-14,17,19,28H,4-7,10-11,15H2,2H3,(H,29,32)/p-1. The molecule has 8 heteroatoms. The number of thiazole rings is 1. The van der Waals surface area contributed by atoms with Gasteiger partial charge in [0.25, 0.3) is 0 Å². The number of hydrogen-bond acceptors (Lipinski definition) is 6. The highest BCUT2D eigenvalue weighted by Gasteiger charge is 2.25. The number of aliphatic imine (C=N–C) groups is 2. The molecule has 1 aliphatic carbocycles. The predicted molar refractivity (Wildman–Crippen MR) is 133 cm³/mol. The minimum absolute atomic E-state index is 0.0419. The quantitative estimate of drug-likeness (QED) is 0.358. The van der Waals surface area contributed by atoms with Crippen molar-refractivity contribution in [2.45, 2.75) is 44.7 Å². The molecule has 2 unspecified atom stereocenters. The summed E-state index contributed by atoms with van der Waals surface area (Å²) < 4.78 is 0. The van der Waals surface area contributed by atoms with E-state index in [4.69, 9.17) is 6.42 Å². The van der Waals surface area contributed by atoms with E-state index in [-0.39, 0.29) is 23.8 Å². The molecule has 3 aromatic rings. The van der Waals surface area contributed by atoms with E-state index in [1.54, 1.807) is 12.3 Å². The van der Waals surface area contributed by atoms with E-state index in [1.807, 2.05) is 18.2 Å². The van der Waals surface area contributed by atoms with Crippen LogP contribution in [0.2, 0.25) is 0 Å². The van der Waals surface area contributed by atoms with Gasteiger partial charge < -0.3 is 15.0 Å². The maximum Gasteiger partial charge on any atom is 0.305 e. The zero-order valence-corrected chi connectivity index (χ0v) is 19.9. The van der Waals surface area contributed by atoms with Crippen molar-refractivity contribution in [3.8, 4) is 12.3 Å². The number of H-pyrrole nitrogens is 1. The molecule has 1 fully saturated rings. The van der Waals surface area contributed by atoms with Crippen LogP contribution < -0.4 is 5.11 Å². The largest absolute Gasteiger partial charge is 0.857 e. The molecule has 1 N–H and O–H groups in total. The number of amides is 1. The van der Waals surface area contributed by atoms with Crippen LogP contribution in [0, 0.1) is 18.3 Å². The van der Waals surface area contributed by atoms with Gasteiger partial charge in [-0.2, -0.15) is 0 Å². The van der Waals surface area contributed by atoms with Crippen LogP contribution >= 0.6 is 11.3 Å². The van der Waals surface area contributed by atoms with Gasteiger partial charge >= 0.3 is 5.91 Å². The van der Waals surface area contributed by atoms with Crippen molar-refractivity contribution < 1.29 is 9.90 Å². The van der Waals surface area contributed by atoms with Crippen LogP contribution in [0.25, 0.3) is 10.9 Å². The van der Waals surface area contributed by atoms with Crippen LogP contribution in [0.1, 0.15) is 57.3 Å². The molecule has 2 atom stereocenters. The molecule has 2 aromatic heterocycles. The van der Waals surface area contributed by atoms with Gasteiger partial charge in [0.05, 0.1) is 11.7 Å². The molecule has 0 saturated heterocycles. The van der Waals surface area contributed by atoms with Gasteiger partial charge in [0.1, 0.15) is 0 Å². The van der Waals surface area contributed by atoms with E-state index < -0.39 is 0 Å². The molecule has 3 heterocycles. The summed E-state index contributed by atoms with van der Waals surface area (Å²) >= 11 is 1.44. The van der Waals surface area contributed by atoms with Crippen molar-refractivity contribution >= 4 is 40.3 Å². The van der Waals surface area contributed by atoms with Gasteiger partial charge in [-0.3, -0.25) is 9.79 Å². The summed E-state index contributed by atoms with van der Waals surface area (Å²) in [7, 11) is 2.07. The Kier molecular flexibility index (Phi) is 6.31. The molecule has 7 nitrogen and oxygen atoms in total. The highest BCUT2D eigenvalue weighted by Crippen LogP contribution is 2.28. The van der Waals surface area contributed by atoms with E-state index in [2.05, 4.69) is 37.8 Å². The highest BCUT2D eigenvalue weighted by atomic mass is 32.1. The SMILES string of the molecule is C#Cc1ccc2[nH]c(C([O-])=NC3CCCCC3C=NC(=O)c3nc4c(s3)CN(C)CC4)cc2c1. The van der Waals surface area contributed by atoms with Gasteiger partial charge in [0.2, 0.25) is 0 Å². The number of hydrogen-bond donors (Lipinski definition) is 1. The van der Waals surface area contributed by atoms with Gasteiger partial charge in [-0.15, -0.1) is 17.8 Å². The molecular weight excluding hydrogens is 446 g/mol. The summed E-state index contributed by atoms with van der Waals surface area (Å²) in [5.74, 6) is 1.97. The lowest BCUT2D eigenvalue weighted by atomic mass is 9.85. The fraction of sp³-hybridized carbons (Fsp3) is 0.385. The van der Waals surface area contributed by atoms with E-state index >= 15 is 0 Å². The third kappa shape index (κ3) is 4.67. The normalized spacial score (nSPS) is 21.6. The highest BCUT2D eigenvalue weighted by molar-refractivity contribution is 7.13. The first-order valence-corrected chi connectivity index (χ1v) is 12.4. The number of terminal acetylenes is 1. The van der Waals surface area contributed by atoms with Gasteiger partial charge in [0, 0.05) is 64.6 Å². The second-order valence-electron chi connectivity index (χ2n) is 9.04. The number of carbonyl (C=O) groups excluding carboxylic acids is 1. The Labute approximate surface area is 202 Å². The zero-order chi connectivity index (χ0) is 23.7. The fourth-order valence-electron chi connectivity index (χ4n) is 4.67. The van der Waals surface area contributed by atoms with Gasteiger partial charge in [-0.1, -0.05) is 18.8 Å². The number of nitrogens with zero attached hydrogens (tertiary/aromatic N) is 4. The molecule has 1 amide bonds. The second kappa shape index (κ2) is 9.53. The van der Waals surface area contributed by atoms with E-state index in [0.29, 0.717) is 10.7 Å². The van der Waals surface area contributed by atoms with Crippen LogP contribution in [0.4, 0.5) is 0 Å². The van der Waals surface area contributed by atoms with Crippen molar-refractivity contribution in [2.24, 2.45) is 15.9 Å². The van der Waals surface area contributed by atoms with Crippen molar-refractivity contribution in [3.05, 3.63) is 51.1 Å². The van der Waals surface area contributed by atoms with Gasteiger partial charge in [0.15, 0.2) is 5.01 Å². The molecule has 1 aromatic carbocycles. The molecule has 34 heavy (non-hydrogen) atoms. The Morgan fingerprint density at radius 1 is 1.35 bits per heavy atom. The minimum atomic E-state index is -0.308. The smallest absolute Gasteiger partial charge is 0.305 e. The lowest BCUT2D eigenvalue weighted by molar-refractivity contribution is -0.214. The van der Waals surface area contributed by atoms with Crippen LogP contribution in [0.15, 0.2) is 34.3 Å². The number of likely N-dealkylation sites (N-methyl/N-ethyl adjacent to an activating group) is 1. The summed E-state index contributed by atoms with van der Waals surface area (Å²) in [6.07, 6.45) is 11.7. The summed E-state index contributed by atoms with van der Waals surface area (Å²) in [5, 5.41) is 14.3. The molecule has 1 aliphatic heterocycles. The average molecular weight is 473 g/mol. The molecule has 174 valence electrons. The lowest BCUT2D eigenvalue weighted by Gasteiger charge is -2.27. The summed E-state index contributed by atoms with van der Waals surface area (Å²) in [6, 6.07) is 7.19. The van der Waals surface area contributed by atoms with Crippen molar-refractivity contribution in [1.29, 1.82) is 0 Å². The van der Waals surface area contributed by atoms with E-state index in [9.17, 15) is 9.90 Å². The molecular formula is C26H26N5O2S-. The van der Waals surface area contributed by atoms with Gasteiger partial charge in [-0.25, -0.2) is 9.98 Å². The zero-order valence-electron chi connectivity index (χ0n) is 19.1. The maximum atomic E-state index is 12.9. The Morgan fingerprint density at radius 2 is 2.21 bits per heavy atom. The number of aromatic nitrogens is 2. The van der Waals surface area contributed by atoms with E-state index in [0.717, 1.165) is 72.2 Å². The number of benzene rings is 1. The first-order chi connectivity index (χ1) is 16.5. The first kappa shape index (κ1) is 22.5. The predicted octanol–water partition coefficient (Wildman–Crippen LogP) is 3.17. The minimum Gasteiger partial charge on any atom is -0.857 e. The average Bonchev–Trinajstić information content (AvgIpc) is 3.46. The summed E-state index contributed by atoms with van der Waals surface area (Å²) in [4.78, 5) is 32.5. The molecule has 0 radical (unpaired) electrons. The Balaban J connectivity index is 1.32.